The van der Waals surface area contributed by atoms with Crippen LogP contribution in [0.1, 0.15) is 26.7 Å². The van der Waals surface area contributed by atoms with Gasteiger partial charge in [-0.25, -0.2) is 0 Å². The number of carbonyl (C=O) groups is 1. The quantitative estimate of drug-likeness (QED) is 0.358. The molecule has 0 saturated heterocycles. The van der Waals surface area contributed by atoms with Gasteiger partial charge in [0, 0.05) is 6.92 Å². The fourth-order valence-corrected chi connectivity index (χ4v) is 1.27. The first kappa shape index (κ1) is 10.4. The van der Waals surface area contributed by atoms with E-state index in [2.05, 4.69) is 6.08 Å². The lowest BCUT2D eigenvalue weighted by Gasteiger charge is -1.96. The van der Waals surface area contributed by atoms with Crippen molar-refractivity contribution in [2.45, 2.75) is 32.7 Å². The van der Waals surface area contributed by atoms with E-state index in [0.717, 1.165) is 18.9 Å². The number of allylic oxidation sites excluding steroid dienone is 2. The number of rotatable bonds is 5. The summed E-state index contributed by atoms with van der Waals surface area (Å²) < 4.78 is 4.79. The predicted molar refractivity (Wildman–Crippen MR) is 46.4 cm³/mol. The van der Waals surface area contributed by atoms with E-state index in [9.17, 15) is 4.79 Å². The smallest absolute Gasteiger partial charge is 0.314 e. The molecule has 0 aliphatic carbocycles. The lowest BCUT2D eigenvalue weighted by molar-refractivity contribution is -0.131. The lowest BCUT2D eigenvalue weighted by Crippen LogP contribution is -2.03. The van der Waals surface area contributed by atoms with Crippen LogP contribution in [-0.4, -0.2) is 15.7 Å². The van der Waals surface area contributed by atoms with Gasteiger partial charge in [-0.05, 0) is 25.8 Å². The minimum atomic E-state index is -0.172. The fourth-order valence-electron chi connectivity index (χ4n) is 0.611. The van der Waals surface area contributed by atoms with Gasteiger partial charge in [0.1, 0.15) is 0 Å². The van der Waals surface area contributed by atoms with Crippen molar-refractivity contribution in [3.63, 3.8) is 0 Å². The molecule has 2 nitrogen and oxygen atoms in total. The van der Waals surface area contributed by atoms with Crippen LogP contribution < -0.4 is 0 Å². The molecule has 0 atom stereocenters. The standard InChI is InChI=1S/C8H14O2Si/c1-3-4-5-6-7-11-10-8(2)9/h3-4H,5-7H2,1-2H3/b4-3+. The molecule has 0 aromatic rings. The van der Waals surface area contributed by atoms with Crippen molar-refractivity contribution in [1.82, 2.24) is 0 Å². The molecule has 0 bridgehead atoms. The van der Waals surface area contributed by atoms with Crippen LogP contribution in [0.5, 0.6) is 0 Å². The number of hydrogen-bond acceptors (Lipinski definition) is 2. The van der Waals surface area contributed by atoms with E-state index < -0.39 is 0 Å². The van der Waals surface area contributed by atoms with E-state index >= 15 is 0 Å². The average molecular weight is 170 g/mol. The summed E-state index contributed by atoms with van der Waals surface area (Å²) in [7, 11) is 0.340. The van der Waals surface area contributed by atoms with Crippen molar-refractivity contribution in [3.8, 4) is 0 Å². The molecule has 3 heteroatoms. The topological polar surface area (TPSA) is 26.3 Å². The average Bonchev–Trinajstić information content (AvgIpc) is 1.96. The van der Waals surface area contributed by atoms with Gasteiger partial charge in [-0.15, -0.1) is 0 Å². The van der Waals surface area contributed by atoms with E-state index in [4.69, 9.17) is 4.43 Å². The maximum atomic E-state index is 10.3. The van der Waals surface area contributed by atoms with Crippen LogP contribution in [-0.2, 0) is 9.22 Å². The summed E-state index contributed by atoms with van der Waals surface area (Å²) in [6, 6.07) is 0.990. The Morgan fingerprint density at radius 1 is 1.64 bits per heavy atom. The molecule has 0 saturated carbocycles. The SMILES string of the molecule is C/C=C/CCC[Si]OC(C)=O. The summed E-state index contributed by atoms with van der Waals surface area (Å²) in [5.74, 6) is -0.172. The van der Waals surface area contributed by atoms with E-state index in [0.29, 0.717) is 9.76 Å². The summed E-state index contributed by atoms with van der Waals surface area (Å²) in [6.45, 7) is 3.45. The van der Waals surface area contributed by atoms with Crippen molar-refractivity contribution >= 4 is 15.7 Å². The van der Waals surface area contributed by atoms with Gasteiger partial charge in [0.05, 0.1) is 0 Å². The molecule has 0 amide bonds. The molecule has 11 heavy (non-hydrogen) atoms. The van der Waals surface area contributed by atoms with E-state index in [1.54, 1.807) is 0 Å². The van der Waals surface area contributed by atoms with E-state index in [1.807, 2.05) is 13.0 Å². The van der Waals surface area contributed by atoms with Crippen LogP contribution in [0.4, 0.5) is 0 Å². The molecular formula is C8H14O2Si. The summed E-state index contributed by atoms with van der Waals surface area (Å²) in [5, 5.41) is 0. The maximum absolute atomic E-state index is 10.3. The van der Waals surface area contributed by atoms with Crippen molar-refractivity contribution in [3.05, 3.63) is 12.2 Å². The highest BCUT2D eigenvalue weighted by Gasteiger charge is 1.94. The monoisotopic (exact) mass is 170 g/mol. The molecule has 0 aromatic carbocycles. The molecule has 2 radical (unpaired) electrons. The predicted octanol–water partition coefficient (Wildman–Crippen LogP) is 1.94. The minimum absolute atomic E-state index is 0.172. The third-order valence-corrected chi connectivity index (χ3v) is 2.09. The molecule has 0 fully saturated rings. The Morgan fingerprint density at radius 3 is 2.91 bits per heavy atom. The highest BCUT2D eigenvalue weighted by Crippen LogP contribution is 1.96. The number of hydrogen-bond donors (Lipinski definition) is 0. The van der Waals surface area contributed by atoms with Crippen LogP contribution >= 0.6 is 0 Å². The first-order valence-corrected chi connectivity index (χ1v) is 4.90. The largest absolute Gasteiger partial charge is 0.517 e. The molecule has 62 valence electrons. The first-order chi connectivity index (χ1) is 5.27. The van der Waals surface area contributed by atoms with Gasteiger partial charge in [-0.1, -0.05) is 12.2 Å². The van der Waals surface area contributed by atoms with Crippen LogP contribution in [0.3, 0.4) is 0 Å². The highest BCUT2D eigenvalue weighted by molar-refractivity contribution is 6.30. The highest BCUT2D eigenvalue weighted by atomic mass is 28.2. The third kappa shape index (κ3) is 9.43. The van der Waals surface area contributed by atoms with E-state index in [-0.39, 0.29) is 5.97 Å². The number of carbonyl (C=O) groups excluding carboxylic acids is 1. The maximum Gasteiger partial charge on any atom is 0.314 e. The van der Waals surface area contributed by atoms with Crippen molar-refractivity contribution in [2.24, 2.45) is 0 Å². The Kier molecular flexibility index (Phi) is 7.14. The second-order valence-electron chi connectivity index (χ2n) is 2.20. The molecule has 0 unspecified atom stereocenters. The summed E-state index contributed by atoms with van der Waals surface area (Å²) in [5.41, 5.74) is 0. The first-order valence-electron chi connectivity index (χ1n) is 3.78. The molecule has 0 aliphatic rings. The molecule has 0 aromatic heterocycles. The van der Waals surface area contributed by atoms with Crippen molar-refractivity contribution < 1.29 is 9.22 Å². The van der Waals surface area contributed by atoms with Gasteiger partial charge in [0.15, 0.2) is 0 Å². The summed E-state index contributed by atoms with van der Waals surface area (Å²) in [6.07, 6.45) is 6.36. The Hall–Kier alpha value is -0.573. The fraction of sp³-hybridized carbons (Fsp3) is 0.625. The lowest BCUT2D eigenvalue weighted by atomic mass is 10.3. The van der Waals surface area contributed by atoms with Crippen LogP contribution in [0, 0.1) is 0 Å². The Morgan fingerprint density at radius 2 is 2.36 bits per heavy atom. The van der Waals surface area contributed by atoms with Gasteiger partial charge in [-0.3, -0.25) is 4.79 Å². The van der Waals surface area contributed by atoms with Gasteiger partial charge >= 0.3 is 9.76 Å². The summed E-state index contributed by atoms with van der Waals surface area (Å²) >= 11 is 0. The normalized spacial score (nSPS) is 10.4. The summed E-state index contributed by atoms with van der Waals surface area (Å²) in [4.78, 5) is 10.3. The van der Waals surface area contributed by atoms with Gasteiger partial charge in [0.25, 0.3) is 5.97 Å². The Labute approximate surface area is 70.6 Å². The van der Waals surface area contributed by atoms with Gasteiger partial charge in [0.2, 0.25) is 0 Å². The van der Waals surface area contributed by atoms with Crippen LogP contribution in [0.2, 0.25) is 6.04 Å². The Balaban J connectivity index is 2.96. The van der Waals surface area contributed by atoms with Gasteiger partial charge in [-0.2, -0.15) is 0 Å². The molecule has 0 spiro atoms. The second-order valence-corrected chi connectivity index (χ2v) is 3.19. The molecule has 0 rings (SSSR count). The molecule has 0 heterocycles. The minimum Gasteiger partial charge on any atom is -0.517 e. The number of unbranched alkanes of at least 4 members (excludes halogenated alkanes) is 1. The molecule has 0 aliphatic heterocycles. The molecular weight excluding hydrogens is 156 g/mol. The van der Waals surface area contributed by atoms with Gasteiger partial charge < -0.3 is 4.43 Å². The zero-order chi connectivity index (χ0) is 8.53. The van der Waals surface area contributed by atoms with E-state index in [1.165, 1.54) is 6.92 Å². The molecule has 0 N–H and O–H groups in total. The zero-order valence-electron chi connectivity index (χ0n) is 7.09. The van der Waals surface area contributed by atoms with Crippen molar-refractivity contribution in [1.29, 1.82) is 0 Å². The second kappa shape index (κ2) is 7.53. The van der Waals surface area contributed by atoms with Crippen molar-refractivity contribution in [2.75, 3.05) is 0 Å². The van der Waals surface area contributed by atoms with Crippen LogP contribution in [0.25, 0.3) is 0 Å². The Bertz CT molecular complexity index is 132. The zero-order valence-corrected chi connectivity index (χ0v) is 8.09. The van der Waals surface area contributed by atoms with Crippen LogP contribution in [0.15, 0.2) is 12.2 Å². The third-order valence-electron chi connectivity index (χ3n) is 1.10.